The third kappa shape index (κ3) is 5.11. The number of methoxy groups -OCH3 is 1. The van der Waals surface area contributed by atoms with Gasteiger partial charge in [0.2, 0.25) is 0 Å². The van der Waals surface area contributed by atoms with Crippen LogP contribution in [0.2, 0.25) is 0 Å². The third-order valence-corrected chi connectivity index (χ3v) is 4.86. The van der Waals surface area contributed by atoms with Gasteiger partial charge in [0, 0.05) is 20.1 Å². The summed E-state index contributed by atoms with van der Waals surface area (Å²) in [6, 6.07) is 9.30. The highest BCUT2D eigenvalue weighted by Gasteiger charge is 2.28. The molecule has 118 valence electrons. The van der Waals surface area contributed by atoms with Crippen LogP contribution in [0.3, 0.4) is 0 Å². The molecule has 0 aliphatic heterocycles. The van der Waals surface area contributed by atoms with Gasteiger partial charge in [-0.3, -0.25) is 4.79 Å². The van der Waals surface area contributed by atoms with Crippen molar-refractivity contribution in [1.29, 1.82) is 0 Å². The maximum absolute atomic E-state index is 12.5. The Kier molecular flexibility index (Phi) is 6.80. The summed E-state index contributed by atoms with van der Waals surface area (Å²) < 4.78 is 32.0. The molecule has 0 aliphatic carbocycles. The summed E-state index contributed by atoms with van der Waals surface area (Å²) in [4.78, 5) is 11.4. The average Bonchev–Trinajstić information content (AvgIpc) is 2.47. The van der Waals surface area contributed by atoms with Crippen molar-refractivity contribution in [3.8, 4) is 0 Å². The smallest absolute Gasteiger partial charge is 0.321 e. The van der Waals surface area contributed by atoms with Gasteiger partial charge in [-0.05, 0) is 12.0 Å². The molecule has 0 amide bonds. The molecule has 1 rings (SSSR count). The summed E-state index contributed by atoms with van der Waals surface area (Å²) in [5.74, 6) is -0.569. The van der Waals surface area contributed by atoms with Gasteiger partial charge in [0.1, 0.15) is 6.54 Å². The van der Waals surface area contributed by atoms with Gasteiger partial charge in [-0.15, -0.1) is 0 Å². The SMILES string of the molecule is CCCN(CC(=O)OC)S(=O)(=O)N(C)Cc1ccccc1. The average molecular weight is 314 g/mol. The standard InChI is InChI=1S/C14H22N2O4S/c1-4-10-16(12-14(17)20-3)21(18,19)15(2)11-13-8-6-5-7-9-13/h5-9H,4,10-12H2,1-3H3. The molecular formula is C14H22N2O4S. The highest BCUT2D eigenvalue weighted by molar-refractivity contribution is 7.86. The van der Waals surface area contributed by atoms with Crippen molar-refractivity contribution in [3.63, 3.8) is 0 Å². The fourth-order valence-electron chi connectivity index (χ4n) is 1.85. The molecule has 0 bridgehead atoms. The Balaban J connectivity index is 2.86. The van der Waals surface area contributed by atoms with Crippen LogP contribution in [-0.2, 0) is 26.3 Å². The highest BCUT2D eigenvalue weighted by Crippen LogP contribution is 2.12. The van der Waals surface area contributed by atoms with E-state index in [2.05, 4.69) is 4.74 Å². The third-order valence-electron chi connectivity index (χ3n) is 2.97. The van der Waals surface area contributed by atoms with Crippen LogP contribution in [0.25, 0.3) is 0 Å². The summed E-state index contributed by atoms with van der Waals surface area (Å²) in [7, 11) is -0.956. The number of hydrogen-bond donors (Lipinski definition) is 0. The van der Waals surface area contributed by atoms with Gasteiger partial charge in [0.25, 0.3) is 10.2 Å². The Morgan fingerprint density at radius 3 is 2.38 bits per heavy atom. The summed E-state index contributed by atoms with van der Waals surface area (Å²) in [5, 5.41) is 0. The van der Waals surface area contributed by atoms with Gasteiger partial charge in [-0.25, -0.2) is 0 Å². The van der Waals surface area contributed by atoms with Crippen LogP contribution in [0.5, 0.6) is 0 Å². The second-order valence-electron chi connectivity index (χ2n) is 4.66. The van der Waals surface area contributed by atoms with E-state index in [1.807, 2.05) is 37.3 Å². The van der Waals surface area contributed by atoms with Gasteiger partial charge in [-0.2, -0.15) is 17.0 Å². The molecule has 0 radical (unpaired) electrons. The van der Waals surface area contributed by atoms with Crippen LogP contribution in [0.15, 0.2) is 30.3 Å². The predicted molar refractivity (Wildman–Crippen MR) is 80.7 cm³/mol. The van der Waals surface area contributed by atoms with Gasteiger partial charge in [0.15, 0.2) is 0 Å². The van der Waals surface area contributed by atoms with Gasteiger partial charge < -0.3 is 4.74 Å². The minimum absolute atomic E-state index is 0.255. The minimum atomic E-state index is -3.70. The molecule has 0 aliphatic rings. The quantitative estimate of drug-likeness (QED) is 0.677. The molecule has 0 saturated carbocycles. The Hall–Kier alpha value is -1.44. The summed E-state index contributed by atoms with van der Waals surface area (Å²) >= 11 is 0. The van der Waals surface area contributed by atoms with Crippen LogP contribution in [0.1, 0.15) is 18.9 Å². The van der Waals surface area contributed by atoms with Crippen LogP contribution in [0, 0.1) is 0 Å². The Labute approximate surface area is 126 Å². The first-order chi connectivity index (χ1) is 9.91. The van der Waals surface area contributed by atoms with E-state index in [-0.39, 0.29) is 19.6 Å². The van der Waals surface area contributed by atoms with E-state index in [1.54, 1.807) is 0 Å². The lowest BCUT2D eigenvalue weighted by Gasteiger charge is -2.26. The van der Waals surface area contributed by atoms with Crippen molar-refractivity contribution >= 4 is 16.2 Å². The number of ether oxygens (including phenoxy) is 1. The molecule has 0 heterocycles. The topological polar surface area (TPSA) is 66.9 Å². The zero-order chi connectivity index (χ0) is 15.9. The van der Waals surface area contributed by atoms with Gasteiger partial charge in [0.05, 0.1) is 7.11 Å². The first kappa shape index (κ1) is 17.6. The number of carbonyl (C=O) groups excluding carboxylic acids is 1. The molecule has 7 heteroatoms. The molecule has 0 aromatic heterocycles. The van der Waals surface area contributed by atoms with Crippen molar-refractivity contribution in [2.75, 3.05) is 27.2 Å². The van der Waals surface area contributed by atoms with Crippen molar-refractivity contribution in [1.82, 2.24) is 8.61 Å². The molecule has 0 saturated heterocycles. The second kappa shape index (κ2) is 8.11. The Morgan fingerprint density at radius 1 is 1.24 bits per heavy atom. The van der Waals surface area contributed by atoms with Crippen molar-refractivity contribution in [3.05, 3.63) is 35.9 Å². The molecular weight excluding hydrogens is 292 g/mol. The zero-order valence-corrected chi connectivity index (χ0v) is 13.5. The normalized spacial score (nSPS) is 11.9. The zero-order valence-electron chi connectivity index (χ0n) is 12.7. The minimum Gasteiger partial charge on any atom is -0.468 e. The number of benzene rings is 1. The maximum atomic E-state index is 12.5. The second-order valence-corrected chi connectivity index (χ2v) is 6.69. The van der Waals surface area contributed by atoms with E-state index >= 15 is 0 Å². The number of esters is 1. The van der Waals surface area contributed by atoms with E-state index in [0.717, 1.165) is 9.87 Å². The highest BCUT2D eigenvalue weighted by atomic mass is 32.2. The van der Waals surface area contributed by atoms with Crippen molar-refractivity contribution < 1.29 is 17.9 Å². The molecule has 1 aromatic rings. The summed E-state index contributed by atoms with van der Waals surface area (Å²) in [6.07, 6.45) is 0.620. The molecule has 0 atom stereocenters. The predicted octanol–water partition coefficient (Wildman–Crippen LogP) is 1.25. The van der Waals surface area contributed by atoms with Crippen molar-refractivity contribution in [2.45, 2.75) is 19.9 Å². The molecule has 0 unspecified atom stereocenters. The van der Waals surface area contributed by atoms with Gasteiger partial charge >= 0.3 is 5.97 Å². The van der Waals surface area contributed by atoms with E-state index in [1.165, 1.54) is 18.5 Å². The number of nitrogens with zero attached hydrogens (tertiary/aromatic N) is 2. The van der Waals surface area contributed by atoms with Crippen LogP contribution >= 0.6 is 0 Å². The largest absolute Gasteiger partial charge is 0.468 e. The van der Waals surface area contributed by atoms with Crippen LogP contribution < -0.4 is 0 Å². The van der Waals surface area contributed by atoms with E-state index in [0.29, 0.717) is 6.42 Å². The van der Waals surface area contributed by atoms with Crippen LogP contribution in [-0.4, -0.2) is 50.2 Å². The first-order valence-corrected chi connectivity index (χ1v) is 8.13. The molecule has 1 aromatic carbocycles. The monoisotopic (exact) mass is 314 g/mol. The molecule has 21 heavy (non-hydrogen) atoms. The van der Waals surface area contributed by atoms with E-state index in [4.69, 9.17) is 0 Å². The number of carbonyl (C=O) groups is 1. The van der Waals surface area contributed by atoms with E-state index < -0.39 is 16.2 Å². The van der Waals surface area contributed by atoms with E-state index in [9.17, 15) is 13.2 Å². The van der Waals surface area contributed by atoms with Crippen LogP contribution in [0.4, 0.5) is 0 Å². The molecule has 0 spiro atoms. The number of hydrogen-bond acceptors (Lipinski definition) is 4. The fraction of sp³-hybridized carbons (Fsp3) is 0.500. The first-order valence-electron chi connectivity index (χ1n) is 6.74. The van der Waals surface area contributed by atoms with Crippen molar-refractivity contribution in [2.24, 2.45) is 0 Å². The summed E-state index contributed by atoms with van der Waals surface area (Å²) in [5.41, 5.74) is 0.887. The lowest BCUT2D eigenvalue weighted by Crippen LogP contribution is -2.44. The lowest BCUT2D eigenvalue weighted by atomic mass is 10.2. The molecule has 0 fully saturated rings. The number of rotatable bonds is 8. The Morgan fingerprint density at radius 2 is 1.86 bits per heavy atom. The van der Waals surface area contributed by atoms with Gasteiger partial charge in [-0.1, -0.05) is 37.3 Å². The summed E-state index contributed by atoms with van der Waals surface area (Å²) in [6.45, 7) is 2.12. The molecule has 6 nitrogen and oxygen atoms in total. The Bertz CT molecular complexity index is 545. The lowest BCUT2D eigenvalue weighted by molar-refractivity contribution is -0.140. The fourth-order valence-corrected chi connectivity index (χ4v) is 3.24. The maximum Gasteiger partial charge on any atom is 0.321 e. The molecule has 0 N–H and O–H groups in total.